The van der Waals surface area contributed by atoms with Crippen LogP contribution in [0.5, 0.6) is 5.88 Å². The van der Waals surface area contributed by atoms with Crippen molar-refractivity contribution in [3.8, 4) is 5.88 Å². The maximum Gasteiger partial charge on any atom is 0.218 e. The van der Waals surface area contributed by atoms with Gasteiger partial charge in [-0.15, -0.1) is 0 Å². The Bertz CT molecular complexity index is 313. The molecule has 0 spiro atoms. The third-order valence-corrected chi connectivity index (χ3v) is 1.73. The highest BCUT2D eigenvalue weighted by molar-refractivity contribution is 5.38. The van der Waals surface area contributed by atoms with Gasteiger partial charge in [0.25, 0.3) is 0 Å². The molecule has 1 heterocycles. The molecule has 1 aromatic rings. The molecule has 0 aliphatic carbocycles. The van der Waals surface area contributed by atoms with Gasteiger partial charge in [0.1, 0.15) is 11.6 Å². The summed E-state index contributed by atoms with van der Waals surface area (Å²) in [5.41, 5.74) is 0. The third kappa shape index (κ3) is 4.14. The van der Waals surface area contributed by atoms with Crippen LogP contribution in [0.15, 0.2) is 6.07 Å². The van der Waals surface area contributed by atoms with Gasteiger partial charge >= 0.3 is 0 Å². The number of hydrogen-bond donors (Lipinski definition) is 1. The molecule has 0 saturated carbocycles. The lowest BCUT2D eigenvalue weighted by atomic mass is 10.4. The van der Waals surface area contributed by atoms with Crippen molar-refractivity contribution < 1.29 is 4.74 Å². The molecule has 0 amide bonds. The molecule has 0 unspecified atom stereocenters. The second kappa shape index (κ2) is 5.53. The first kappa shape index (κ1) is 11.8. The third-order valence-electron chi connectivity index (χ3n) is 1.73. The normalized spacial score (nSPS) is 10.5. The predicted molar refractivity (Wildman–Crippen MR) is 61.3 cm³/mol. The minimum atomic E-state index is 0.137. The van der Waals surface area contributed by atoms with Crippen LogP contribution >= 0.6 is 0 Å². The quantitative estimate of drug-likeness (QED) is 0.809. The van der Waals surface area contributed by atoms with Crippen LogP contribution in [0.1, 0.15) is 33.0 Å². The fourth-order valence-electron chi connectivity index (χ4n) is 1.19. The lowest BCUT2D eigenvalue weighted by Crippen LogP contribution is -2.09. The van der Waals surface area contributed by atoms with Crippen LogP contribution in [0.2, 0.25) is 0 Å². The number of hydrogen-bond acceptors (Lipinski definition) is 4. The summed E-state index contributed by atoms with van der Waals surface area (Å²) in [7, 11) is 0. The first-order valence-corrected chi connectivity index (χ1v) is 5.38. The lowest BCUT2D eigenvalue weighted by Gasteiger charge is -2.11. The number of anilines is 1. The Kier molecular flexibility index (Phi) is 4.34. The molecule has 1 aromatic heterocycles. The van der Waals surface area contributed by atoms with E-state index in [-0.39, 0.29) is 6.10 Å². The average molecular weight is 209 g/mol. The topological polar surface area (TPSA) is 47.0 Å². The van der Waals surface area contributed by atoms with E-state index in [4.69, 9.17) is 4.74 Å². The highest BCUT2D eigenvalue weighted by Crippen LogP contribution is 2.14. The van der Waals surface area contributed by atoms with E-state index >= 15 is 0 Å². The molecule has 0 fully saturated rings. The van der Waals surface area contributed by atoms with E-state index in [1.807, 2.05) is 26.8 Å². The molecule has 0 aromatic carbocycles. The highest BCUT2D eigenvalue weighted by Gasteiger charge is 2.03. The molecule has 1 rings (SSSR count). The monoisotopic (exact) mass is 209 g/mol. The first-order chi connectivity index (χ1) is 7.11. The largest absolute Gasteiger partial charge is 0.475 e. The Morgan fingerprint density at radius 1 is 1.40 bits per heavy atom. The zero-order valence-electron chi connectivity index (χ0n) is 9.87. The summed E-state index contributed by atoms with van der Waals surface area (Å²) in [4.78, 5) is 8.49. The van der Waals surface area contributed by atoms with Crippen molar-refractivity contribution in [1.82, 2.24) is 9.97 Å². The Morgan fingerprint density at radius 2 is 2.13 bits per heavy atom. The molecule has 0 saturated heterocycles. The Balaban J connectivity index is 2.75. The van der Waals surface area contributed by atoms with E-state index in [9.17, 15) is 0 Å². The minimum absolute atomic E-state index is 0.137. The van der Waals surface area contributed by atoms with Gasteiger partial charge in [-0.25, -0.2) is 4.98 Å². The zero-order valence-corrected chi connectivity index (χ0v) is 9.87. The molecule has 4 nitrogen and oxygen atoms in total. The molecule has 84 valence electrons. The van der Waals surface area contributed by atoms with Gasteiger partial charge in [0.2, 0.25) is 5.88 Å². The van der Waals surface area contributed by atoms with Gasteiger partial charge in [0.05, 0.1) is 6.10 Å². The SMILES string of the molecule is CCCNc1cc(OC(C)C)nc(C)n1. The Morgan fingerprint density at radius 3 is 2.73 bits per heavy atom. The van der Waals surface area contributed by atoms with Crippen LogP contribution in [0.3, 0.4) is 0 Å². The van der Waals surface area contributed by atoms with Crippen LogP contribution in [-0.2, 0) is 0 Å². The van der Waals surface area contributed by atoms with Crippen LogP contribution in [0, 0.1) is 6.92 Å². The maximum absolute atomic E-state index is 5.52. The van der Waals surface area contributed by atoms with Gasteiger partial charge in [0, 0.05) is 12.6 Å². The van der Waals surface area contributed by atoms with Crippen molar-refractivity contribution in [1.29, 1.82) is 0 Å². The average Bonchev–Trinajstić information content (AvgIpc) is 2.12. The molecule has 4 heteroatoms. The molecule has 15 heavy (non-hydrogen) atoms. The summed E-state index contributed by atoms with van der Waals surface area (Å²) in [6.07, 6.45) is 1.21. The fraction of sp³-hybridized carbons (Fsp3) is 0.636. The highest BCUT2D eigenvalue weighted by atomic mass is 16.5. The summed E-state index contributed by atoms with van der Waals surface area (Å²) in [5, 5.41) is 3.22. The van der Waals surface area contributed by atoms with Gasteiger partial charge in [-0.1, -0.05) is 6.92 Å². The molecule has 0 aliphatic heterocycles. The predicted octanol–water partition coefficient (Wildman–Crippen LogP) is 2.39. The minimum Gasteiger partial charge on any atom is -0.475 e. The lowest BCUT2D eigenvalue weighted by molar-refractivity contribution is 0.232. The maximum atomic E-state index is 5.52. The number of aryl methyl sites for hydroxylation is 1. The van der Waals surface area contributed by atoms with Gasteiger partial charge in [-0.2, -0.15) is 4.98 Å². The molecule has 0 radical (unpaired) electrons. The van der Waals surface area contributed by atoms with Crippen molar-refractivity contribution >= 4 is 5.82 Å². The van der Waals surface area contributed by atoms with Gasteiger partial charge in [-0.05, 0) is 27.2 Å². The summed E-state index contributed by atoms with van der Waals surface area (Å²) in [5.74, 6) is 2.20. The summed E-state index contributed by atoms with van der Waals surface area (Å²) >= 11 is 0. The second-order valence-corrected chi connectivity index (χ2v) is 3.73. The molecule has 1 N–H and O–H groups in total. The van der Waals surface area contributed by atoms with Gasteiger partial charge in [0.15, 0.2) is 0 Å². The first-order valence-electron chi connectivity index (χ1n) is 5.38. The van der Waals surface area contributed by atoms with Crippen molar-refractivity contribution in [2.75, 3.05) is 11.9 Å². The summed E-state index contributed by atoms with van der Waals surface area (Å²) < 4.78 is 5.52. The van der Waals surface area contributed by atoms with E-state index in [0.717, 1.165) is 24.6 Å². The summed E-state index contributed by atoms with van der Waals surface area (Å²) in [6, 6.07) is 1.84. The van der Waals surface area contributed by atoms with Crippen LogP contribution in [-0.4, -0.2) is 22.6 Å². The second-order valence-electron chi connectivity index (χ2n) is 3.73. The fourth-order valence-corrected chi connectivity index (χ4v) is 1.19. The smallest absolute Gasteiger partial charge is 0.218 e. The molecule has 0 aliphatic rings. The van der Waals surface area contributed by atoms with E-state index in [1.165, 1.54) is 0 Å². The summed E-state index contributed by atoms with van der Waals surface area (Å²) in [6.45, 7) is 8.86. The van der Waals surface area contributed by atoms with Crippen LogP contribution < -0.4 is 10.1 Å². The molecular formula is C11H19N3O. The number of aromatic nitrogens is 2. The van der Waals surface area contributed by atoms with Crippen molar-refractivity contribution in [3.05, 3.63) is 11.9 Å². The van der Waals surface area contributed by atoms with Gasteiger partial charge < -0.3 is 10.1 Å². The number of ether oxygens (including phenoxy) is 1. The number of nitrogens with zero attached hydrogens (tertiary/aromatic N) is 2. The number of rotatable bonds is 5. The molecular weight excluding hydrogens is 190 g/mol. The van der Waals surface area contributed by atoms with Crippen LogP contribution in [0.25, 0.3) is 0 Å². The van der Waals surface area contributed by atoms with Crippen molar-refractivity contribution in [2.45, 2.75) is 40.2 Å². The Hall–Kier alpha value is -1.32. The van der Waals surface area contributed by atoms with Crippen molar-refractivity contribution in [2.24, 2.45) is 0 Å². The number of nitrogens with one attached hydrogen (secondary N) is 1. The molecule has 0 bridgehead atoms. The van der Waals surface area contributed by atoms with Crippen LogP contribution in [0.4, 0.5) is 5.82 Å². The van der Waals surface area contributed by atoms with E-state index in [2.05, 4.69) is 22.2 Å². The van der Waals surface area contributed by atoms with Gasteiger partial charge in [-0.3, -0.25) is 0 Å². The Labute approximate surface area is 91.1 Å². The van der Waals surface area contributed by atoms with E-state index in [0.29, 0.717) is 5.88 Å². The van der Waals surface area contributed by atoms with E-state index in [1.54, 1.807) is 0 Å². The van der Waals surface area contributed by atoms with E-state index < -0.39 is 0 Å². The molecule has 0 atom stereocenters. The standard InChI is InChI=1S/C11H19N3O/c1-5-6-12-10-7-11(15-8(2)3)14-9(4)13-10/h7-8H,5-6H2,1-4H3,(H,12,13,14). The van der Waals surface area contributed by atoms with Crippen molar-refractivity contribution in [3.63, 3.8) is 0 Å². The zero-order chi connectivity index (χ0) is 11.3.